The summed E-state index contributed by atoms with van der Waals surface area (Å²) >= 11 is 0. The highest BCUT2D eigenvalue weighted by molar-refractivity contribution is 5.96. The summed E-state index contributed by atoms with van der Waals surface area (Å²) < 4.78 is 10.5. The molecule has 6 nitrogen and oxygen atoms in total. The first kappa shape index (κ1) is 18.8. The van der Waals surface area contributed by atoms with Crippen molar-refractivity contribution in [1.29, 1.82) is 0 Å². The molecular formula is C21H24N2O4. The average molecular weight is 368 g/mol. The van der Waals surface area contributed by atoms with Gasteiger partial charge in [-0.15, -0.1) is 0 Å². The molecule has 1 N–H and O–H groups in total. The monoisotopic (exact) mass is 368 g/mol. The highest BCUT2D eigenvalue weighted by atomic mass is 16.5. The van der Waals surface area contributed by atoms with Gasteiger partial charge in [0, 0.05) is 24.3 Å². The molecule has 0 bridgehead atoms. The third-order valence-electron chi connectivity index (χ3n) is 4.58. The standard InChI is InChI=1S/C21H24N2O4/c1-26-18-10-9-15(12-19(18)27-2)13-20(24)22-16-6-5-7-17(14-16)23-11-4-3-8-21(23)25/h5-7,9-10,12,14H,3-4,8,11,13H2,1-2H3,(H,22,24). The molecule has 0 saturated carbocycles. The van der Waals surface area contributed by atoms with Crippen molar-refractivity contribution in [2.24, 2.45) is 0 Å². The largest absolute Gasteiger partial charge is 0.493 e. The van der Waals surface area contributed by atoms with E-state index in [2.05, 4.69) is 5.32 Å². The van der Waals surface area contributed by atoms with E-state index in [0.29, 0.717) is 23.6 Å². The molecule has 0 aliphatic carbocycles. The quantitative estimate of drug-likeness (QED) is 0.849. The van der Waals surface area contributed by atoms with E-state index in [4.69, 9.17) is 9.47 Å². The molecule has 0 aromatic heterocycles. The lowest BCUT2D eigenvalue weighted by Gasteiger charge is -2.27. The van der Waals surface area contributed by atoms with Gasteiger partial charge in [0.1, 0.15) is 0 Å². The zero-order chi connectivity index (χ0) is 19.2. The number of piperidine rings is 1. The first-order chi connectivity index (χ1) is 13.1. The van der Waals surface area contributed by atoms with Crippen LogP contribution in [0.25, 0.3) is 0 Å². The van der Waals surface area contributed by atoms with Gasteiger partial charge in [-0.3, -0.25) is 9.59 Å². The van der Waals surface area contributed by atoms with Gasteiger partial charge in [-0.2, -0.15) is 0 Å². The van der Waals surface area contributed by atoms with Gasteiger partial charge >= 0.3 is 0 Å². The van der Waals surface area contributed by atoms with Crippen LogP contribution in [0.4, 0.5) is 11.4 Å². The molecule has 1 saturated heterocycles. The Balaban J connectivity index is 1.67. The molecule has 2 aromatic carbocycles. The Morgan fingerprint density at radius 1 is 1.07 bits per heavy atom. The third-order valence-corrected chi connectivity index (χ3v) is 4.58. The van der Waals surface area contributed by atoms with Gasteiger partial charge in [-0.25, -0.2) is 0 Å². The molecule has 27 heavy (non-hydrogen) atoms. The molecule has 1 aliphatic rings. The molecule has 6 heteroatoms. The Hall–Kier alpha value is -3.02. The fraction of sp³-hybridized carbons (Fsp3) is 0.333. The maximum Gasteiger partial charge on any atom is 0.228 e. The number of carbonyl (C=O) groups excluding carboxylic acids is 2. The fourth-order valence-corrected chi connectivity index (χ4v) is 3.21. The molecule has 1 fully saturated rings. The number of nitrogens with one attached hydrogen (secondary N) is 1. The zero-order valence-corrected chi connectivity index (χ0v) is 15.7. The van der Waals surface area contributed by atoms with Crippen LogP contribution in [0.3, 0.4) is 0 Å². The van der Waals surface area contributed by atoms with Crippen LogP contribution in [0.2, 0.25) is 0 Å². The molecule has 0 atom stereocenters. The molecule has 0 radical (unpaired) electrons. The number of benzene rings is 2. The number of methoxy groups -OCH3 is 2. The summed E-state index contributed by atoms with van der Waals surface area (Å²) in [6.07, 6.45) is 2.74. The first-order valence-electron chi connectivity index (χ1n) is 9.02. The van der Waals surface area contributed by atoms with Gasteiger partial charge in [-0.1, -0.05) is 12.1 Å². The summed E-state index contributed by atoms with van der Waals surface area (Å²) in [5.41, 5.74) is 2.33. The van der Waals surface area contributed by atoms with E-state index in [1.54, 1.807) is 31.3 Å². The summed E-state index contributed by atoms with van der Waals surface area (Å²) in [5, 5.41) is 2.90. The van der Waals surface area contributed by atoms with E-state index < -0.39 is 0 Å². The highest BCUT2D eigenvalue weighted by Gasteiger charge is 2.19. The van der Waals surface area contributed by atoms with E-state index in [1.807, 2.05) is 30.3 Å². The number of amides is 2. The van der Waals surface area contributed by atoms with Crippen molar-refractivity contribution in [3.05, 3.63) is 48.0 Å². The SMILES string of the molecule is COc1ccc(CC(=O)Nc2cccc(N3CCCCC3=O)c2)cc1OC. The second-order valence-corrected chi connectivity index (χ2v) is 6.47. The van der Waals surface area contributed by atoms with Crippen molar-refractivity contribution >= 4 is 23.2 Å². The summed E-state index contributed by atoms with van der Waals surface area (Å²) in [7, 11) is 3.14. The Kier molecular flexibility index (Phi) is 5.96. The third kappa shape index (κ3) is 4.58. The minimum Gasteiger partial charge on any atom is -0.493 e. The fourth-order valence-electron chi connectivity index (χ4n) is 3.21. The second kappa shape index (κ2) is 8.58. The van der Waals surface area contributed by atoms with Crippen molar-refractivity contribution in [2.75, 3.05) is 31.0 Å². The predicted octanol–water partition coefficient (Wildman–Crippen LogP) is 3.40. The Morgan fingerprint density at radius 3 is 2.63 bits per heavy atom. The number of hydrogen-bond donors (Lipinski definition) is 1. The number of nitrogens with zero attached hydrogens (tertiary/aromatic N) is 1. The smallest absolute Gasteiger partial charge is 0.228 e. The van der Waals surface area contributed by atoms with Crippen LogP contribution in [0.5, 0.6) is 11.5 Å². The van der Waals surface area contributed by atoms with E-state index in [1.165, 1.54) is 0 Å². The minimum atomic E-state index is -0.135. The molecular weight excluding hydrogens is 344 g/mol. The van der Waals surface area contributed by atoms with E-state index in [-0.39, 0.29) is 18.2 Å². The van der Waals surface area contributed by atoms with Gasteiger partial charge in [0.15, 0.2) is 11.5 Å². The number of ether oxygens (including phenoxy) is 2. The molecule has 0 unspecified atom stereocenters. The number of hydrogen-bond acceptors (Lipinski definition) is 4. The normalized spacial score (nSPS) is 14.0. The lowest BCUT2D eigenvalue weighted by molar-refractivity contribution is -0.119. The number of rotatable bonds is 6. The highest BCUT2D eigenvalue weighted by Crippen LogP contribution is 2.28. The first-order valence-corrected chi connectivity index (χ1v) is 9.02. The van der Waals surface area contributed by atoms with E-state index >= 15 is 0 Å². The Labute approximate surface area is 159 Å². The summed E-state index contributed by atoms with van der Waals surface area (Å²) in [6.45, 7) is 0.724. The van der Waals surface area contributed by atoms with Crippen LogP contribution in [0.15, 0.2) is 42.5 Å². The number of anilines is 2. The van der Waals surface area contributed by atoms with E-state index in [9.17, 15) is 9.59 Å². The van der Waals surface area contributed by atoms with Gasteiger partial charge in [0.05, 0.1) is 20.6 Å². The average Bonchev–Trinajstić information content (AvgIpc) is 2.68. The van der Waals surface area contributed by atoms with Crippen molar-refractivity contribution in [1.82, 2.24) is 0 Å². The van der Waals surface area contributed by atoms with Gasteiger partial charge < -0.3 is 19.7 Å². The molecule has 142 valence electrons. The van der Waals surface area contributed by atoms with Crippen LogP contribution in [-0.2, 0) is 16.0 Å². The summed E-state index contributed by atoms with van der Waals surface area (Å²) in [6, 6.07) is 12.8. The maximum absolute atomic E-state index is 12.4. The van der Waals surface area contributed by atoms with Crippen molar-refractivity contribution < 1.29 is 19.1 Å². The number of carbonyl (C=O) groups is 2. The van der Waals surface area contributed by atoms with Gasteiger partial charge in [0.25, 0.3) is 0 Å². The van der Waals surface area contributed by atoms with Crippen LogP contribution in [0, 0.1) is 0 Å². The van der Waals surface area contributed by atoms with Gasteiger partial charge in [-0.05, 0) is 48.7 Å². The van der Waals surface area contributed by atoms with Crippen LogP contribution >= 0.6 is 0 Å². The topological polar surface area (TPSA) is 67.9 Å². The predicted molar refractivity (Wildman–Crippen MR) is 105 cm³/mol. The maximum atomic E-state index is 12.4. The lowest BCUT2D eigenvalue weighted by atomic mass is 10.1. The van der Waals surface area contributed by atoms with Crippen LogP contribution < -0.4 is 19.7 Å². The molecule has 1 aliphatic heterocycles. The van der Waals surface area contributed by atoms with Gasteiger partial charge in [0.2, 0.25) is 11.8 Å². The second-order valence-electron chi connectivity index (χ2n) is 6.47. The van der Waals surface area contributed by atoms with Crippen molar-refractivity contribution in [3.8, 4) is 11.5 Å². The summed E-state index contributed by atoms with van der Waals surface area (Å²) in [5.74, 6) is 1.22. The molecule has 1 heterocycles. The zero-order valence-electron chi connectivity index (χ0n) is 15.7. The van der Waals surface area contributed by atoms with Crippen LogP contribution in [0.1, 0.15) is 24.8 Å². The summed E-state index contributed by atoms with van der Waals surface area (Å²) in [4.78, 5) is 26.3. The minimum absolute atomic E-state index is 0.134. The van der Waals surface area contributed by atoms with Crippen molar-refractivity contribution in [3.63, 3.8) is 0 Å². The molecule has 0 spiro atoms. The van der Waals surface area contributed by atoms with E-state index in [0.717, 1.165) is 30.6 Å². The molecule has 2 aromatic rings. The lowest BCUT2D eigenvalue weighted by Crippen LogP contribution is -2.35. The molecule has 2 amide bonds. The van der Waals surface area contributed by atoms with Crippen LogP contribution in [-0.4, -0.2) is 32.6 Å². The Bertz CT molecular complexity index is 835. The van der Waals surface area contributed by atoms with Crippen molar-refractivity contribution in [2.45, 2.75) is 25.7 Å². The molecule has 3 rings (SSSR count). The Morgan fingerprint density at radius 2 is 1.89 bits per heavy atom.